The van der Waals surface area contributed by atoms with E-state index in [4.69, 9.17) is 23.1 Å². The van der Waals surface area contributed by atoms with Crippen LogP contribution in [-0.2, 0) is 6.54 Å². The van der Waals surface area contributed by atoms with Gasteiger partial charge in [-0.15, -0.1) is 0 Å². The second-order valence-corrected chi connectivity index (χ2v) is 3.97. The van der Waals surface area contributed by atoms with Crippen molar-refractivity contribution < 1.29 is 4.79 Å². The molecule has 2 rings (SSSR count). The van der Waals surface area contributed by atoms with E-state index in [0.29, 0.717) is 11.6 Å². The quantitative estimate of drug-likeness (QED) is 0.860. The number of nitrogens with zero attached hydrogens (tertiary/aromatic N) is 2. The minimum absolute atomic E-state index is 0.129. The van der Waals surface area contributed by atoms with Crippen LogP contribution in [0.5, 0.6) is 0 Å². The van der Waals surface area contributed by atoms with E-state index in [1.54, 1.807) is 10.6 Å². The molecule has 6 heteroatoms. The molecule has 0 atom stereocenters. The molecule has 1 amide bonds. The van der Waals surface area contributed by atoms with E-state index in [9.17, 15) is 4.79 Å². The summed E-state index contributed by atoms with van der Waals surface area (Å²) in [5, 5.41) is 0.621. The molecule has 17 heavy (non-hydrogen) atoms. The third kappa shape index (κ3) is 2.24. The van der Waals surface area contributed by atoms with Crippen molar-refractivity contribution in [1.82, 2.24) is 9.55 Å². The van der Waals surface area contributed by atoms with Gasteiger partial charge >= 0.3 is 0 Å². The molecular weight excluding hydrogens is 240 g/mol. The Bertz CT molecular complexity index is 564. The van der Waals surface area contributed by atoms with Gasteiger partial charge in [0.15, 0.2) is 11.5 Å². The molecule has 0 bridgehead atoms. The monoisotopic (exact) mass is 250 g/mol. The second-order valence-electron chi connectivity index (χ2n) is 3.56. The van der Waals surface area contributed by atoms with Gasteiger partial charge < -0.3 is 16.0 Å². The first-order valence-corrected chi connectivity index (χ1v) is 5.31. The first kappa shape index (κ1) is 11.5. The van der Waals surface area contributed by atoms with E-state index in [1.165, 1.54) is 6.33 Å². The van der Waals surface area contributed by atoms with Gasteiger partial charge in [0, 0.05) is 5.02 Å². The summed E-state index contributed by atoms with van der Waals surface area (Å²) in [5.74, 6) is -0.475. The normalized spacial score (nSPS) is 10.4. The van der Waals surface area contributed by atoms with Crippen molar-refractivity contribution in [2.75, 3.05) is 5.73 Å². The molecule has 0 radical (unpaired) electrons. The first-order valence-electron chi connectivity index (χ1n) is 4.93. The molecule has 1 heterocycles. The van der Waals surface area contributed by atoms with Crippen LogP contribution in [0.4, 0.5) is 5.82 Å². The Balaban J connectivity index is 2.37. The summed E-state index contributed by atoms with van der Waals surface area (Å²) in [7, 11) is 0. The van der Waals surface area contributed by atoms with Crippen LogP contribution in [0.3, 0.4) is 0 Å². The molecule has 0 unspecified atom stereocenters. The molecule has 2 aromatic rings. The number of benzene rings is 1. The van der Waals surface area contributed by atoms with Crippen LogP contribution >= 0.6 is 11.6 Å². The van der Waals surface area contributed by atoms with Crippen molar-refractivity contribution in [3.05, 3.63) is 46.9 Å². The highest BCUT2D eigenvalue weighted by molar-refractivity contribution is 6.31. The van der Waals surface area contributed by atoms with Crippen LogP contribution in [0.2, 0.25) is 5.02 Å². The minimum Gasteiger partial charge on any atom is -0.382 e. The standard InChI is InChI=1S/C11H11ClN4O/c12-8-4-2-1-3-7(8)5-16-6-15-10(13)9(16)11(14)17/h1-4,6H,5,13H2,(H2,14,17). The third-order valence-electron chi connectivity index (χ3n) is 2.40. The van der Waals surface area contributed by atoms with Gasteiger partial charge in [-0.25, -0.2) is 4.98 Å². The van der Waals surface area contributed by atoms with Gasteiger partial charge in [-0.05, 0) is 11.6 Å². The van der Waals surface area contributed by atoms with Gasteiger partial charge in [0.2, 0.25) is 0 Å². The molecule has 0 aliphatic rings. The van der Waals surface area contributed by atoms with E-state index in [-0.39, 0.29) is 11.5 Å². The van der Waals surface area contributed by atoms with Crippen LogP contribution in [0.15, 0.2) is 30.6 Å². The highest BCUT2D eigenvalue weighted by Gasteiger charge is 2.14. The molecule has 0 aliphatic heterocycles. The fraction of sp³-hybridized carbons (Fsp3) is 0.0909. The van der Waals surface area contributed by atoms with Gasteiger partial charge in [-0.3, -0.25) is 4.79 Å². The maximum atomic E-state index is 11.2. The Kier molecular flexibility index (Phi) is 3.01. The maximum absolute atomic E-state index is 11.2. The molecule has 1 aromatic carbocycles. The number of halogens is 1. The summed E-state index contributed by atoms with van der Waals surface area (Å²) in [6, 6.07) is 7.35. The molecule has 88 valence electrons. The Morgan fingerprint density at radius 2 is 2.12 bits per heavy atom. The van der Waals surface area contributed by atoms with Crippen LogP contribution in [0.1, 0.15) is 16.1 Å². The number of amides is 1. The lowest BCUT2D eigenvalue weighted by Crippen LogP contribution is -2.18. The topological polar surface area (TPSA) is 86.9 Å². The van der Waals surface area contributed by atoms with Crippen molar-refractivity contribution in [3.63, 3.8) is 0 Å². The number of carbonyl (C=O) groups is 1. The minimum atomic E-state index is -0.605. The zero-order chi connectivity index (χ0) is 12.4. The SMILES string of the molecule is NC(=O)c1c(N)ncn1Cc1ccccc1Cl. The number of nitrogen functional groups attached to an aromatic ring is 1. The van der Waals surface area contributed by atoms with Gasteiger partial charge in [0.05, 0.1) is 12.9 Å². The number of carbonyl (C=O) groups excluding carboxylic acids is 1. The summed E-state index contributed by atoms with van der Waals surface area (Å²) >= 11 is 6.03. The summed E-state index contributed by atoms with van der Waals surface area (Å²) in [5.41, 5.74) is 11.9. The fourth-order valence-corrected chi connectivity index (χ4v) is 1.79. The fourth-order valence-electron chi connectivity index (χ4n) is 1.60. The zero-order valence-electron chi connectivity index (χ0n) is 8.93. The predicted octanol–water partition coefficient (Wildman–Crippen LogP) is 1.27. The van der Waals surface area contributed by atoms with Gasteiger partial charge in [0.1, 0.15) is 0 Å². The molecule has 0 saturated carbocycles. The summed E-state index contributed by atoms with van der Waals surface area (Å²) in [4.78, 5) is 15.1. The molecule has 1 aromatic heterocycles. The smallest absolute Gasteiger partial charge is 0.269 e. The van der Waals surface area contributed by atoms with Crippen molar-refractivity contribution >= 4 is 23.3 Å². The number of rotatable bonds is 3. The number of aromatic nitrogens is 2. The van der Waals surface area contributed by atoms with Crippen LogP contribution in [-0.4, -0.2) is 15.5 Å². The van der Waals surface area contributed by atoms with E-state index < -0.39 is 5.91 Å². The number of imidazole rings is 1. The molecule has 5 nitrogen and oxygen atoms in total. The number of nitrogens with two attached hydrogens (primary N) is 2. The maximum Gasteiger partial charge on any atom is 0.269 e. The Morgan fingerprint density at radius 1 is 1.41 bits per heavy atom. The van der Waals surface area contributed by atoms with Crippen molar-refractivity contribution in [1.29, 1.82) is 0 Å². The second kappa shape index (κ2) is 4.47. The zero-order valence-corrected chi connectivity index (χ0v) is 9.69. The molecule has 0 aliphatic carbocycles. The highest BCUT2D eigenvalue weighted by Crippen LogP contribution is 2.18. The Morgan fingerprint density at radius 3 is 2.76 bits per heavy atom. The van der Waals surface area contributed by atoms with Crippen molar-refractivity contribution in [2.24, 2.45) is 5.73 Å². The largest absolute Gasteiger partial charge is 0.382 e. The van der Waals surface area contributed by atoms with Crippen LogP contribution in [0, 0.1) is 0 Å². The summed E-state index contributed by atoms with van der Waals surface area (Å²) in [6.45, 7) is 0.405. The Hall–Kier alpha value is -2.01. The van der Waals surface area contributed by atoms with E-state index in [0.717, 1.165) is 5.56 Å². The lowest BCUT2D eigenvalue weighted by Gasteiger charge is -2.07. The van der Waals surface area contributed by atoms with E-state index in [1.807, 2.05) is 18.2 Å². The number of anilines is 1. The average molecular weight is 251 g/mol. The van der Waals surface area contributed by atoms with Crippen molar-refractivity contribution in [2.45, 2.75) is 6.54 Å². The average Bonchev–Trinajstić information content (AvgIpc) is 2.63. The first-order chi connectivity index (χ1) is 8.09. The number of hydrogen-bond donors (Lipinski definition) is 2. The predicted molar refractivity (Wildman–Crippen MR) is 65.7 cm³/mol. The summed E-state index contributed by atoms with van der Waals surface area (Å²) < 4.78 is 1.58. The molecular formula is C11H11ClN4O. The van der Waals surface area contributed by atoms with Crippen LogP contribution < -0.4 is 11.5 Å². The van der Waals surface area contributed by atoms with Crippen LogP contribution in [0.25, 0.3) is 0 Å². The number of primary amides is 1. The van der Waals surface area contributed by atoms with E-state index >= 15 is 0 Å². The lowest BCUT2D eigenvalue weighted by atomic mass is 10.2. The molecule has 0 spiro atoms. The van der Waals surface area contributed by atoms with E-state index in [2.05, 4.69) is 4.98 Å². The molecule has 4 N–H and O–H groups in total. The van der Waals surface area contributed by atoms with Gasteiger partial charge in [-0.1, -0.05) is 29.8 Å². The van der Waals surface area contributed by atoms with Gasteiger partial charge in [-0.2, -0.15) is 0 Å². The lowest BCUT2D eigenvalue weighted by molar-refractivity contribution is 0.0993. The number of hydrogen-bond acceptors (Lipinski definition) is 3. The van der Waals surface area contributed by atoms with Crippen molar-refractivity contribution in [3.8, 4) is 0 Å². The molecule has 0 fully saturated rings. The Labute approximate surface area is 103 Å². The highest BCUT2D eigenvalue weighted by atomic mass is 35.5. The van der Waals surface area contributed by atoms with Gasteiger partial charge in [0.25, 0.3) is 5.91 Å². The molecule has 0 saturated heterocycles. The summed E-state index contributed by atoms with van der Waals surface area (Å²) in [6.07, 6.45) is 1.47. The third-order valence-corrected chi connectivity index (χ3v) is 2.77.